The third-order valence-corrected chi connectivity index (χ3v) is 5.60. The molecule has 0 saturated carbocycles. The topological polar surface area (TPSA) is 103 Å². The molecule has 1 aromatic carbocycles. The third kappa shape index (κ3) is 3.65. The predicted octanol–water partition coefficient (Wildman–Crippen LogP) is 2.42. The first-order chi connectivity index (χ1) is 10.4. The molecule has 1 aromatic rings. The van der Waals surface area contributed by atoms with Gasteiger partial charge in [0, 0.05) is 23.9 Å². The van der Waals surface area contributed by atoms with Crippen LogP contribution in [0.4, 0.5) is 0 Å². The fourth-order valence-corrected chi connectivity index (χ4v) is 4.18. The second-order valence-corrected chi connectivity index (χ2v) is 7.25. The molecule has 1 atom stereocenters. The van der Waals surface area contributed by atoms with Crippen molar-refractivity contribution in [2.75, 3.05) is 13.1 Å². The lowest BCUT2D eigenvalue weighted by Crippen LogP contribution is -2.35. The molecule has 1 unspecified atom stereocenters. The molecule has 0 bridgehead atoms. The Morgan fingerprint density at radius 2 is 2.05 bits per heavy atom. The van der Waals surface area contributed by atoms with E-state index in [1.165, 1.54) is 4.31 Å². The van der Waals surface area contributed by atoms with Crippen LogP contribution < -0.4 is 0 Å². The van der Waals surface area contributed by atoms with Crippen molar-refractivity contribution < 1.29 is 13.2 Å². The summed E-state index contributed by atoms with van der Waals surface area (Å²) < 4.78 is 26.6. The van der Waals surface area contributed by atoms with Crippen molar-refractivity contribution in [3.05, 3.63) is 40.3 Å². The second-order valence-electron chi connectivity index (χ2n) is 5.36. The Labute approximate surface area is 129 Å². The van der Waals surface area contributed by atoms with Crippen molar-refractivity contribution in [2.45, 2.75) is 37.1 Å². The van der Waals surface area contributed by atoms with Gasteiger partial charge >= 0.3 is 0 Å². The lowest BCUT2D eigenvalue weighted by molar-refractivity contribution is -0.116. The second kappa shape index (κ2) is 6.91. The molecular formula is C14H18N4O3S. The van der Waals surface area contributed by atoms with Gasteiger partial charge in [-0.25, -0.2) is 8.42 Å². The van der Waals surface area contributed by atoms with Crippen molar-refractivity contribution in [2.24, 2.45) is 5.11 Å². The zero-order valence-corrected chi connectivity index (χ0v) is 13.2. The van der Waals surface area contributed by atoms with Gasteiger partial charge in [0.15, 0.2) is 0 Å². The number of ketones is 1. The molecule has 0 aromatic heterocycles. The van der Waals surface area contributed by atoms with Gasteiger partial charge < -0.3 is 0 Å². The van der Waals surface area contributed by atoms with Gasteiger partial charge in [0.2, 0.25) is 10.0 Å². The zero-order valence-electron chi connectivity index (χ0n) is 12.3. The highest BCUT2D eigenvalue weighted by molar-refractivity contribution is 7.89. The summed E-state index contributed by atoms with van der Waals surface area (Å²) >= 11 is 0. The fraction of sp³-hybridized carbons (Fsp3) is 0.500. The van der Waals surface area contributed by atoms with Crippen molar-refractivity contribution >= 4 is 15.8 Å². The number of hydrogen-bond donors (Lipinski definition) is 0. The summed E-state index contributed by atoms with van der Waals surface area (Å²) in [5, 5.41) is 3.43. The highest BCUT2D eigenvalue weighted by Gasteiger charge is 2.38. The Bertz CT molecular complexity index is 693. The molecule has 0 N–H and O–H groups in total. The maximum atomic E-state index is 12.7. The number of benzene rings is 1. The average Bonchev–Trinajstić information content (AvgIpc) is 2.86. The number of rotatable bonds is 6. The van der Waals surface area contributed by atoms with Crippen LogP contribution in [-0.4, -0.2) is 37.6 Å². The fourth-order valence-electron chi connectivity index (χ4n) is 2.55. The molecule has 0 radical (unpaired) electrons. The number of nitrogens with zero attached hydrogens (tertiary/aromatic N) is 4. The number of sulfonamides is 1. The Morgan fingerprint density at radius 1 is 1.36 bits per heavy atom. The molecule has 1 heterocycles. The zero-order chi connectivity index (χ0) is 16.2. The van der Waals surface area contributed by atoms with Gasteiger partial charge in [-0.3, -0.25) is 4.79 Å². The number of aryl methyl sites for hydroxylation is 1. The quantitative estimate of drug-likeness (QED) is 0.347. The van der Waals surface area contributed by atoms with Crippen molar-refractivity contribution in [1.82, 2.24) is 4.31 Å². The van der Waals surface area contributed by atoms with Gasteiger partial charge in [-0.15, -0.1) is 0 Å². The van der Waals surface area contributed by atoms with E-state index in [0.29, 0.717) is 19.4 Å². The Hall–Kier alpha value is -1.89. The highest BCUT2D eigenvalue weighted by atomic mass is 32.2. The predicted molar refractivity (Wildman–Crippen MR) is 81.7 cm³/mol. The molecule has 1 aliphatic heterocycles. The Morgan fingerprint density at radius 3 is 2.68 bits per heavy atom. The minimum Gasteiger partial charge on any atom is -0.298 e. The minimum absolute atomic E-state index is 0.0792. The van der Waals surface area contributed by atoms with Crippen molar-refractivity contribution in [3.8, 4) is 0 Å². The van der Waals surface area contributed by atoms with E-state index in [1.807, 2.05) is 6.92 Å². The number of carbonyl (C=O) groups excluding carboxylic acids is 1. The van der Waals surface area contributed by atoms with Crippen molar-refractivity contribution in [3.63, 3.8) is 0 Å². The summed E-state index contributed by atoms with van der Waals surface area (Å²) in [4.78, 5) is 14.6. The van der Waals surface area contributed by atoms with Gasteiger partial charge in [-0.1, -0.05) is 22.8 Å². The van der Waals surface area contributed by atoms with Gasteiger partial charge in [-0.2, -0.15) is 4.31 Å². The first-order valence-corrected chi connectivity index (χ1v) is 8.50. The van der Waals surface area contributed by atoms with Gasteiger partial charge in [0.05, 0.1) is 11.4 Å². The van der Waals surface area contributed by atoms with Crippen LogP contribution >= 0.6 is 0 Å². The maximum absolute atomic E-state index is 12.7. The van der Waals surface area contributed by atoms with Crippen LogP contribution in [-0.2, 0) is 14.8 Å². The van der Waals surface area contributed by atoms with E-state index in [1.54, 1.807) is 24.3 Å². The first kappa shape index (κ1) is 16.5. The van der Waals surface area contributed by atoms with E-state index in [4.69, 9.17) is 5.53 Å². The van der Waals surface area contributed by atoms with E-state index in [2.05, 4.69) is 10.0 Å². The summed E-state index contributed by atoms with van der Waals surface area (Å²) in [5.74, 6) is -0.0792. The largest absolute Gasteiger partial charge is 0.298 e. The van der Waals surface area contributed by atoms with E-state index >= 15 is 0 Å². The first-order valence-electron chi connectivity index (χ1n) is 7.06. The Balaban J connectivity index is 2.17. The molecule has 0 spiro atoms. The molecule has 118 valence electrons. The lowest BCUT2D eigenvalue weighted by atomic mass is 10.1. The minimum atomic E-state index is -3.67. The molecule has 1 saturated heterocycles. The molecule has 1 aliphatic rings. The van der Waals surface area contributed by atoms with Crippen LogP contribution in [0.5, 0.6) is 0 Å². The average molecular weight is 322 g/mol. The molecule has 8 heteroatoms. The summed E-state index contributed by atoms with van der Waals surface area (Å²) in [7, 11) is -3.67. The molecule has 0 amide bonds. The third-order valence-electron chi connectivity index (χ3n) is 3.69. The number of Topliss-reactive ketones (excluding diaryl/α,β-unsaturated/α-hetero) is 1. The van der Waals surface area contributed by atoms with Gasteiger partial charge in [0.1, 0.15) is 5.78 Å². The van der Waals surface area contributed by atoms with Crippen molar-refractivity contribution in [1.29, 1.82) is 0 Å². The molecule has 7 nitrogen and oxygen atoms in total. The van der Waals surface area contributed by atoms with E-state index in [-0.39, 0.29) is 29.7 Å². The summed E-state index contributed by atoms with van der Waals surface area (Å²) in [6, 6.07) is 6.24. The standard InChI is InChI=1S/C14H18N4O3S/c1-11-4-6-14(7-5-11)22(20,21)18-10-13(19)9-12(18)3-2-8-16-17-15/h4-7,12H,2-3,8-10H2,1H3. The Kier molecular flexibility index (Phi) is 5.18. The molecule has 2 rings (SSSR count). The van der Waals surface area contributed by atoms with Gasteiger partial charge in [-0.05, 0) is 37.4 Å². The molecule has 1 fully saturated rings. The lowest BCUT2D eigenvalue weighted by Gasteiger charge is -2.23. The highest BCUT2D eigenvalue weighted by Crippen LogP contribution is 2.27. The molecule has 0 aliphatic carbocycles. The smallest absolute Gasteiger partial charge is 0.243 e. The van der Waals surface area contributed by atoms with E-state index in [0.717, 1.165) is 5.56 Å². The van der Waals surface area contributed by atoms with Crippen LogP contribution in [0.15, 0.2) is 34.3 Å². The van der Waals surface area contributed by atoms with E-state index < -0.39 is 10.0 Å². The SMILES string of the molecule is Cc1ccc(S(=O)(=O)N2CC(=O)CC2CCCN=[N+]=[N-])cc1. The summed E-state index contributed by atoms with van der Waals surface area (Å²) in [6.07, 6.45) is 1.29. The van der Waals surface area contributed by atoms with Crippen LogP contribution in [0.3, 0.4) is 0 Å². The molecule has 22 heavy (non-hydrogen) atoms. The van der Waals surface area contributed by atoms with Gasteiger partial charge in [0.25, 0.3) is 0 Å². The maximum Gasteiger partial charge on any atom is 0.243 e. The van der Waals surface area contributed by atoms with Crippen LogP contribution in [0.1, 0.15) is 24.8 Å². The monoisotopic (exact) mass is 322 g/mol. The van der Waals surface area contributed by atoms with Crippen LogP contribution in [0, 0.1) is 6.92 Å². The number of hydrogen-bond acceptors (Lipinski definition) is 4. The number of azide groups is 1. The van der Waals surface area contributed by atoms with E-state index in [9.17, 15) is 13.2 Å². The van der Waals surface area contributed by atoms with Crippen LogP contribution in [0.2, 0.25) is 0 Å². The summed E-state index contributed by atoms with van der Waals surface area (Å²) in [6.45, 7) is 2.11. The van der Waals surface area contributed by atoms with Crippen LogP contribution in [0.25, 0.3) is 10.4 Å². The summed E-state index contributed by atoms with van der Waals surface area (Å²) in [5.41, 5.74) is 9.22. The normalized spacial score (nSPS) is 19.1. The number of carbonyl (C=O) groups is 1. The molecular weight excluding hydrogens is 304 g/mol.